The van der Waals surface area contributed by atoms with Crippen LogP contribution in [-0.2, 0) is 12.8 Å². The van der Waals surface area contributed by atoms with Crippen LogP contribution in [0.4, 0.5) is 4.39 Å². The molecule has 1 amide bonds. The maximum absolute atomic E-state index is 13.1. The Labute approximate surface area is 196 Å². The number of thioether (sulfide) groups is 1. The summed E-state index contributed by atoms with van der Waals surface area (Å²) in [6.07, 6.45) is 2.67. The van der Waals surface area contributed by atoms with Crippen LogP contribution in [0.3, 0.4) is 0 Å². The van der Waals surface area contributed by atoms with Crippen LogP contribution in [0.1, 0.15) is 41.5 Å². The van der Waals surface area contributed by atoms with Gasteiger partial charge in [0, 0.05) is 57.9 Å². The fourth-order valence-electron chi connectivity index (χ4n) is 4.00. The Morgan fingerprint density at radius 2 is 1.88 bits per heavy atom. The molecule has 3 heterocycles. The molecule has 0 radical (unpaired) electrons. The summed E-state index contributed by atoms with van der Waals surface area (Å²) in [5.74, 6) is -1.08. The molecular formula is C23H29FN4O4S. The first-order valence-corrected chi connectivity index (χ1v) is 11.6. The summed E-state index contributed by atoms with van der Waals surface area (Å²) in [5.41, 5.74) is 0.968. The molecule has 2 atom stereocenters. The van der Waals surface area contributed by atoms with Gasteiger partial charge in [-0.05, 0) is 31.5 Å². The molecule has 2 unspecified atom stereocenters. The smallest absolute Gasteiger partial charge is 0.274 e. The molecule has 1 aromatic heterocycles. The van der Waals surface area contributed by atoms with E-state index in [-0.39, 0.29) is 28.8 Å². The van der Waals surface area contributed by atoms with Gasteiger partial charge in [-0.2, -0.15) is 5.10 Å². The van der Waals surface area contributed by atoms with E-state index in [1.54, 1.807) is 44.6 Å². The van der Waals surface area contributed by atoms with Crippen LogP contribution >= 0.6 is 11.8 Å². The van der Waals surface area contributed by atoms with Crippen LogP contribution in [-0.4, -0.2) is 68.3 Å². The molecule has 0 saturated carbocycles. The van der Waals surface area contributed by atoms with E-state index in [1.807, 2.05) is 20.9 Å². The number of carbonyl (C=O) groups is 1. The predicted molar refractivity (Wildman–Crippen MR) is 127 cm³/mol. The number of aromatic hydroxyl groups is 1. The van der Waals surface area contributed by atoms with Gasteiger partial charge in [0.2, 0.25) is 5.43 Å². The lowest BCUT2D eigenvalue weighted by molar-refractivity contribution is 0.0678. The summed E-state index contributed by atoms with van der Waals surface area (Å²) in [4.78, 5) is 27.1. The quantitative estimate of drug-likeness (QED) is 0.688. The van der Waals surface area contributed by atoms with Gasteiger partial charge in [-0.15, -0.1) is 0 Å². The van der Waals surface area contributed by atoms with Gasteiger partial charge in [0.1, 0.15) is 11.2 Å². The summed E-state index contributed by atoms with van der Waals surface area (Å²) >= 11 is 1.55. The lowest BCUT2D eigenvalue weighted by Gasteiger charge is -2.34. The molecule has 1 aromatic carbocycles. The monoisotopic (exact) mass is 476 g/mol. The lowest BCUT2D eigenvalue weighted by Crippen LogP contribution is -2.43. The van der Waals surface area contributed by atoms with Crippen LogP contribution in [0.2, 0.25) is 0 Å². The minimum atomic E-state index is -0.509. The van der Waals surface area contributed by atoms with E-state index < -0.39 is 11.2 Å². The van der Waals surface area contributed by atoms with Crippen LogP contribution in [0.15, 0.2) is 40.4 Å². The molecule has 2 N–H and O–H groups in total. The minimum absolute atomic E-state index is 0.0443. The number of likely N-dealkylation sites (N-methyl/N-ethyl adjacent to an activating group) is 2. The third-order valence-corrected chi connectivity index (χ3v) is 6.98. The highest BCUT2D eigenvalue weighted by Crippen LogP contribution is 2.31. The van der Waals surface area contributed by atoms with E-state index >= 15 is 0 Å². The van der Waals surface area contributed by atoms with E-state index in [0.29, 0.717) is 31.5 Å². The number of aromatic nitrogens is 1. The Balaban J connectivity index is 0.00000149. The molecule has 0 spiro atoms. The van der Waals surface area contributed by atoms with Crippen LogP contribution in [0.5, 0.6) is 5.75 Å². The molecule has 0 saturated heterocycles. The number of hydrogen-bond acceptors (Lipinski definition) is 7. The third-order valence-electron chi connectivity index (χ3n) is 5.74. The van der Waals surface area contributed by atoms with E-state index in [1.165, 1.54) is 12.1 Å². The molecule has 178 valence electrons. The topological polar surface area (TPSA) is 98.4 Å². The number of pyridine rings is 1. The van der Waals surface area contributed by atoms with Crippen molar-refractivity contribution in [1.29, 1.82) is 0 Å². The number of hydrazone groups is 1. The first-order chi connectivity index (χ1) is 15.8. The van der Waals surface area contributed by atoms with E-state index in [4.69, 9.17) is 5.11 Å². The molecule has 10 heteroatoms. The van der Waals surface area contributed by atoms with Crippen molar-refractivity contribution in [3.8, 4) is 5.75 Å². The summed E-state index contributed by atoms with van der Waals surface area (Å²) in [7, 11) is 2.84. The van der Waals surface area contributed by atoms with Crippen molar-refractivity contribution in [2.24, 2.45) is 5.10 Å². The minimum Gasteiger partial charge on any atom is -0.503 e. The first kappa shape index (κ1) is 24.8. The van der Waals surface area contributed by atoms with Gasteiger partial charge >= 0.3 is 0 Å². The number of aliphatic hydroxyl groups excluding tert-OH is 1. The maximum Gasteiger partial charge on any atom is 0.274 e. The number of benzene rings is 1. The van der Waals surface area contributed by atoms with E-state index in [2.05, 4.69) is 5.10 Å². The molecule has 33 heavy (non-hydrogen) atoms. The Bertz CT molecular complexity index is 1100. The molecule has 2 aromatic rings. The molecule has 4 rings (SSSR count). The second kappa shape index (κ2) is 10.4. The highest BCUT2D eigenvalue weighted by Gasteiger charge is 2.33. The van der Waals surface area contributed by atoms with E-state index in [0.717, 1.165) is 17.7 Å². The van der Waals surface area contributed by atoms with Crippen molar-refractivity contribution in [3.05, 3.63) is 63.3 Å². The Hall–Kier alpha value is -2.85. The zero-order valence-corrected chi connectivity index (χ0v) is 20.0. The largest absolute Gasteiger partial charge is 0.503 e. The second-order valence-corrected chi connectivity index (χ2v) is 9.18. The van der Waals surface area contributed by atoms with Gasteiger partial charge in [-0.1, -0.05) is 23.9 Å². The second-order valence-electron chi connectivity index (χ2n) is 7.93. The average molecular weight is 477 g/mol. The SMILES string of the molecule is CCN1CC(C)n2cc(CC3SC(Cc4ccc(F)cc4)=NN3C)c(=O)c(O)c2C1=O.CO. The summed E-state index contributed by atoms with van der Waals surface area (Å²) in [5, 5.41) is 24.7. The molecule has 0 aliphatic carbocycles. The number of carbonyl (C=O) groups excluding carboxylic acids is 1. The van der Waals surface area contributed by atoms with Gasteiger partial charge in [-0.3, -0.25) is 14.6 Å². The average Bonchev–Trinajstić information content (AvgIpc) is 3.15. The van der Waals surface area contributed by atoms with Crippen LogP contribution < -0.4 is 5.43 Å². The summed E-state index contributed by atoms with van der Waals surface area (Å²) in [6, 6.07) is 6.28. The van der Waals surface area contributed by atoms with Crippen molar-refractivity contribution in [1.82, 2.24) is 14.5 Å². The van der Waals surface area contributed by atoms with Crippen molar-refractivity contribution in [2.75, 3.05) is 27.2 Å². The summed E-state index contributed by atoms with van der Waals surface area (Å²) in [6.45, 7) is 4.90. The maximum atomic E-state index is 13.1. The van der Waals surface area contributed by atoms with Gasteiger partial charge in [0.25, 0.3) is 5.91 Å². The standard InChI is InChI=1S/C22H25FN4O3S.CH4O/c1-4-26-11-13(2)27-12-15(20(28)21(29)19(27)22(26)30)10-18-25(3)24-17(31-18)9-14-5-7-16(23)8-6-14;1-2/h5-8,12-13,18,29H,4,9-11H2,1-3H3;2H,1H3. The highest BCUT2D eigenvalue weighted by molar-refractivity contribution is 8.14. The van der Waals surface area contributed by atoms with Gasteiger partial charge in [0.15, 0.2) is 11.4 Å². The highest BCUT2D eigenvalue weighted by atomic mass is 32.2. The third kappa shape index (κ3) is 5.06. The molecule has 2 aliphatic heterocycles. The Morgan fingerprint density at radius 3 is 2.52 bits per heavy atom. The van der Waals surface area contributed by atoms with Crippen LogP contribution in [0.25, 0.3) is 0 Å². The van der Waals surface area contributed by atoms with Crippen molar-refractivity contribution >= 4 is 22.7 Å². The Kier molecular flexibility index (Phi) is 7.80. The van der Waals surface area contributed by atoms with Crippen molar-refractivity contribution in [3.63, 3.8) is 0 Å². The summed E-state index contributed by atoms with van der Waals surface area (Å²) < 4.78 is 14.9. The number of nitrogens with zero attached hydrogens (tertiary/aromatic N) is 4. The number of rotatable bonds is 5. The van der Waals surface area contributed by atoms with E-state index in [9.17, 15) is 19.1 Å². The van der Waals surface area contributed by atoms with Crippen molar-refractivity contribution in [2.45, 2.75) is 38.1 Å². The molecule has 0 bridgehead atoms. The van der Waals surface area contributed by atoms with Crippen molar-refractivity contribution < 1.29 is 19.4 Å². The number of amides is 1. The van der Waals surface area contributed by atoms with Gasteiger partial charge in [0.05, 0.1) is 5.04 Å². The molecular weight excluding hydrogens is 447 g/mol. The van der Waals surface area contributed by atoms with Gasteiger partial charge < -0.3 is 19.7 Å². The molecule has 8 nitrogen and oxygen atoms in total. The number of halogens is 1. The Morgan fingerprint density at radius 1 is 1.21 bits per heavy atom. The normalized spacial score (nSPS) is 19.7. The number of fused-ring (bicyclic) bond motifs is 1. The zero-order chi connectivity index (χ0) is 24.3. The van der Waals surface area contributed by atoms with Crippen LogP contribution in [0, 0.1) is 5.82 Å². The zero-order valence-electron chi connectivity index (χ0n) is 19.2. The number of aliphatic hydroxyl groups is 1. The fraction of sp³-hybridized carbons (Fsp3) is 0.435. The molecule has 2 aliphatic rings. The van der Waals surface area contributed by atoms with Gasteiger partial charge in [-0.25, -0.2) is 4.39 Å². The predicted octanol–water partition coefficient (Wildman–Crippen LogP) is 2.44. The molecule has 0 fully saturated rings. The fourth-order valence-corrected chi connectivity index (χ4v) is 5.21. The first-order valence-electron chi connectivity index (χ1n) is 10.7. The number of hydrogen-bond donors (Lipinski definition) is 2. The lowest BCUT2D eigenvalue weighted by atomic mass is 10.1.